The molecule has 0 saturated heterocycles. The normalized spacial score (nSPS) is 10.1. The van der Waals surface area contributed by atoms with Crippen molar-refractivity contribution in [3.8, 4) is 0 Å². The minimum Gasteiger partial charge on any atom is -0.481 e. The predicted octanol–water partition coefficient (Wildman–Crippen LogP) is 1.16. The van der Waals surface area contributed by atoms with Crippen LogP contribution in [-0.2, 0) is 11.2 Å². The van der Waals surface area contributed by atoms with Gasteiger partial charge in [0.2, 0.25) is 0 Å². The van der Waals surface area contributed by atoms with E-state index in [1.807, 2.05) is 12.3 Å². The van der Waals surface area contributed by atoms with E-state index in [9.17, 15) is 9.59 Å². The number of thiazole rings is 1. The van der Waals surface area contributed by atoms with Gasteiger partial charge in [0.25, 0.3) is 0 Å². The van der Waals surface area contributed by atoms with Crippen LogP contribution >= 0.6 is 11.3 Å². The fourth-order valence-corrected chi connectivity index (χ4v) is 2.08. The summed E-state index contributed by atoms with van der Waals surface area (Å²) in [5.74, 6) is -0.851. The number of nitrogens with zero attached hydrogens (tertiary/aromatic N) is 1. The molecule has 0 bridgehead atoms. The van der Waals surface area contributed by atoms with Crippen molar-refractivity contribution in [1.82, 2.24) is 15.6 Å². The molecule has 2 amide bonds. The van der Waals surface area contributed by atoms with Crippen molar-refractivity contribution >= 4 is 23.3 Å². The molecule has 6 nitrogen and oxygen atoms in total. The van der Waals surface area contributed by atoms with Gasteiger partial charge in [-0.3, -0.25) is 4.79 Å². The van der Waals surface area contributed by atoms with Crippen LogP contribution in [0.5, 0.6) is 0 Å². The summed E-state index contributed by atoms with van der Waals surface area (Å²) in [6.45, 7) is 2.83. The number of aryl methyl sites for hydroxylation is 1. The summed E-state index contributed by atoms with van der Waals surface area (Å²) >= 11 is 1.58. The van der Waals surface area contributed by atoms with Crippen molar-refractivity contribution in [2.75, 3.05) is 13.1 Å². The van der Waals surface area contributed by atoms with E-state index in [2.05, 4.69) is 15.6 Å². The molecular formula is C11H17N3O3S. The molecule has 0 fully saturated rings. The van der Waals surface area contributed by atoms with Gasteiger partial charge in [-0.1, -0.05) is 0 Å². The van der Waals surface area contributed by atoms with Gasteiger partial charge < -0.3 is 15.7 Å². The number of aromatic nitrogens is 1. The number of urea groups is 1. The first-order valence-corrected chi connectivity index (χ1v) is 6.60. The van der Waals surface area contributed by atoms with Crippen LogP contribution in [0.2, 0.25) is 0 Å². The number of hydrogen-bond acceptors (Lipinski definition) is 4. The second-order valence-corrected chi connectivity index (χ2v) is 4.76. The summed E-state index contributed by atoms with van der Waals surface area (Å²) in [7, 11) is 0. The van der Waals surface area contributed by atoms with Gasteiger partial charge in [-0.25, -0.2) is 9.78 Å². The van der Waals surface area contributed by atoms with Crippen LogP contribution in [0.25, 0.3) is 0 Å². The SMILES string of the molecule is Cc1csc(CCNC(=O)NCCCC(=O)O)n1. The second-order valence-electron chi connectivity index (χ2n) is 3.81. The third-order valence-corrected chi connectivity index (χ3v) is 3.17. The third kappa shape index (κ3) is 6.19. The molecular weight excluding hydrogens is 254 g/mol. The Morgan fingerprint density at radius 1 is 1.39 bits per heavy atom. The van der Waals surface area contributed by atoms with Crippen LogP contribution in [0.1, 0.15) is 23.5 Å². The molecule has 0 aliphatic rings. The molecule has 0 unspecified atom stereocenters. The highest BCUT2D eigenvalue weighted by molar-refractivity contribution is 7.09. The summed E-state index contributed by atoms with van der Waals surface area (Å²) in [6.07, 6.45) is 1.22. The first kappa shape index (κ1) is 14.4. The minimum absolute atomic E-state index is 0.0681. The van der Waals surface area contributed by atoms with Gasteiger partial charge in [0.05, 0.1) is 5.01 Å². The molecule has 1 rings (SSSR count). The number of rotatable bonds is 7. The van der Waals surface area contributed by atoms with E-state index in [0.717, 1.165) is 10.7 Å². The Bertz CT molecular complexity index is 406. The molecule has 0 aliphatic carbocycles. The molecule has 3 N–H and O–H groups in total. The van der Waals surface area contributed by atoms with Gasteiger partial charge in [0.15, 0.2) is 0 Å². The molecule has 0 spiro atoms. The zero-order valence-corrected chi connectivity index (χ0v) is 11.0. The smallest absolute Gasteiger partial charge is 0.314 e. The summed E-state index contributed by atoms with van der Waals surface area (Å²) in [6, 6.07) is -0.270. The maximum Gasteiger partial charge on any atom is 0.314 e. The maximum atomic E-state index is 11.3. The van der Waals surface area contributed by atoms with Gasteiger partial charge in [0, 0.05) is 37.0 Å². The maximum absolute atomic E-state index is 11.3. The number of amides is 2. The molecule has 1 aromatic rings. The van der Waals surface area contributed by atoms with Gasteiger partial charge in [-0.2, -0.15) is 0 Å². The van der Waals surface area contributed by atoms with E-state index in [1.165, 1.54) is 0 Å². The van der Waals surface area contributed by atoms with Crippen molar-refractivity contribution in [2.24, 2.45) is 0 Å². The molecule has 1 aromatic heterocycles. The van der Waals surface area contributed by atoms with Gasteiger partial charge in [-0.15, -0.1) is 11.3 Å². The van der Waals surface area contributed by atoms with Crippen molar-refractivity contribution in [2.45, 2.75) is 26.2 Å². The third-order valence-electron chi connectivity index (χ3n) is 2.14. The van der Waals surface area contributed by atoms with Crippen LogP contribution in [0.3, 0.4) is 0 Å². The van der Waals surface area contributed by atoms with Gasteiger partial charge in [-0.05, 0) is 13.3 Å². The van der Waals surface area contributed by atoms with Gasteiger partial charge in [0.1, 0.15) is 0 Å². The predicted molar refractivity (Wildman–Crippen MR) is 68.8 cm³/mol. The van der Waals surface area contributed by atoms with E-state index in [0.29, 0.717) is 25.9 Å². The average molecular weight is 271 g/mol. The van der Waals surface area contributed by atoms with Crippen LogP contribution in [0.15, 0.2) is 5.38 Å². The molecule has 0 radical (unpaired) electrons. The zero-order valence-electron chi connectivity index (χ0n) is 10.2. The monoisotopic (exact) mass is 271 g/mol. The Morgan fingerprint density at radius 2 is 2.11 bits per heavy atom. The second kappa shape index (κ2) is 7.65. The number of carbonyl (C=O) groups is 2. The molecule has 100 valence electrons. The lowest BCUT2D eigenvalue weighted by Crippen LogP contribution is -2.37. The highest BCUT2D eigenvalue weighted by atomic mass is 32.1. The fourth-order valence-electron chi connectivity index (χ4n) is 1.30. The van der Waals surface area contributed by atoms with Gasteiger partial charge >= 0.3 is 12.0 Å². The minimum atomic E-state index is -0.851. The standard InChI is InChI=1S/C11H17N3O3S/c1-8-7-18-9(14-8)4-6-13-11(17)12-5-2-3-10(15)16/h7H,2-6H2,1H3,(H,15,16)(H2,12,13,17). The Hall–Kier alpha value is -1.63. The van der Waals surface area contributed by atoms with E-state index in [4.69, 9.17) is 5.11 Å². The number of carboxylic acid groups (broad SMARTS) is 1. The largest absolute Gasteiger partial charge is 0.481 e. The molecule has 0 aromatic carbocycles. The Kier molecular flexibility index (Phi) is 6.13. The Balaban J connectivity index is 2.05. The van der Waals surface area contributed by atoms with Crippen molar-refractivity contribution in [1.29, 1.82) is 0 Å². The van der Waals surface area contributed by atoms with Crippen LogP contribution < -0.4 is 10.6 Å². The quantitative estimate of drug-likeness (QED) is 0.649. The number of nitrogens with one attached hydrogen (secondary N) is 2. The molecule has 0 aliphatic heterocycles. The number of hydrogen-bond donors (Lipinski definition) is 3. The number of aliphatic carboxylic acids is 1. The average Bonchev–Trinajstić information content (AvgIpc) is 2.70. The Labute approximate surface area is 109 Å². The summed E-state index contributed by atoms with van der Waals surface area (Å²) < 4.78 is 0. The van der Waals surface area contributed by atoms with E-state index < -0.39 is 5.97 Å². The Morgan fingerprint density at radius 3 is 2.72 bits per heavy atom. The first-order valence-electron chi connectivity index (χ1n) is 5.72. The molecule has 1 heterocycles. The summed E-state index contributed by atoms with van der Waals surface area (Å²) in [5.41, 5.74) is 0.994. The van der Waals surface area contributed by atoms with Crippen LogP contribution in [0.4, 0.5) is 4.79 Å². The lowest BCUT2D eigenvalue weighted by Gasteiger charge is -2.05. The highest BCUT2D eigenvalue weighted by Gasteiger charge is 2.02. The highest BCUT2D eigenvalue weighted by Crippen LogP contribution is 2.08. The first-order chi connectivity index (χ1) is 8.58. The lowest BCUT2D eigenvalue weighted by atomic mass is 10.3. The molecule has 7 heteroatoms. The zero-order chi connectivity index (χ0) is 13.4. The van der Waals surface area contributed by atoms with Crippen LogP contribution in [-0.4, -0.2) is 35.2 Å². The van der Waals surface area contributed by atoms with E-state index >= 15 is 0 Å². The number of carboxylic acids is 1. The van der Waals surface area contributed by atoms with Crippen molar-refractivity contribution < 1.29 is 14.7 Å². The van der Waals surface area contributed by atoms with Crippen molar-refractivity contribution in [3.63, 3.8) is 0 Å². The molecule has 0 saturated carbocycles. The van der Waals surface area contributed by atoms with Crippen LogP contribution in [0, 0.1) is 6.92 Å². The fraction of sp³-hybridized carbons (Fsp3) is 0.545. The molecule has 0 atom stereocenters. The number of carbonyl (C=O) groups excluding carboxylic acids is 1. The van der Waals surface area contributed by atoms with E-state index in [-0.39, 0.29) is 12.5 Å². The lowest BCUT2D eigenvalue weighted by molar-refractivity contribution is -0.137. The summed E-state index contributed by atoms with van der Waals surface area (Å²) in [4.78, 5) is 25.8. The topological polar surface area (TPSA) is 91.3 Å². The van der Waals surface area contributed by atoms with E-state index in [1.54, 1.807) is 11.3 Å². The molecule has 18 heavy (non-hydrogen) atoms. The van der Waals surface area contributed by atoms with Crippen molar-refractivity contribution in [3.05, 3.63) is 16.1 Å². The summed E-state index contributed by atoms with van der Waals surface area (Å²) in [5, 5.41) is 16.7.